The van der Waals surface area contributed by atoms with Gasteiger partial charge in [-0.3, -0.25) is 9.10 Å². The van der Waals surface area contributed by atoms with Crippen LogP contribution in [-0.2, 0) is 16.4 Å². The zero-order chi connectivity index (χ0) is 17.2. The highest BCUT2D eigenvalue weighted by molar-refractivity contribution is 7.92. The van der Waals surface area contributed by atoms with Crippen molar-refractivity contribution >= 4 is 21.6 Å². The number of benzene rings is 1. The van der Waals surface area contributed by atoms with Gasteiger partial charge >= 0.3 is 0 Å². The Balaban J connectivity index is 1.79. The molecule has 1 N–H and O–H groups in total. The summed E-state index contributed by atoms with van der Waals surface area (Å²) in [4.78, 5) is 12.5. The van der Waals surface area contributed by atoms with E-state index >= 15 is 0 Å². The van der Waals surface area contributed by atoms with Gasteiger partial charge in [-0.2, -0.15) is 0 Å². The molecule has 5 nitrogen and oxygen atoms in total. The van der Waals surface area contributed by atoms with Crippen molar-refractivity contribution in [1.29, 1.82) is 0 Å². The van der Waals surface area contributed by atoms with Gasteiger partial charge in [0.25, 0.3) is 5.91 Å². The van der Waals surface area contributed by atoms with Gasteiger partial charge in [-0.05, 0) is 56.4 Å². The van der Waals surface area contributed by atoms with Gasteiger partial charge in [-0.15, -0.1) is 0 Å². The molecule has 0 radical (unpaired) electrons. The second-order valence-corrected chi connectivity index (χ2v) is 8.91. The first-order valence-corrected chi connectivity index (χ1v) is 10.6. The minimum Gasteiger partial charge on any atom is -0.349 e. The van der Waals surface area contributed by atoms with E-state index in [1.54, 1.807) is 19.1 Å². The molecule has 3 rings (SSSR count). The number of nitrogens with one attached hydrogen (secondary N) is 1. The van der Waals surface area contributed by atoms with Crippen LogP contribution in [0.4, 0.5) is 5.69 Å². The van der Waals surface area contributed by atoms with Crippen LogP contribution in [-0.4, -0.2) is 32.7 Å². The van der Waals surface area contributed by atoms with E-state index in [0.717, 1.165) is 36.9 Å². The van der Waals surface area contributed by atoms with Gasteiger partial charge in [0, 0.05) is 18.2 Å². The lowest BCUT2D eigenvalue weighted by Crippen LogP contribution is -2.37. The lowest BCUT2D eigenvalue weighted by atomic mass is 9.95. The monoisotopic (exact) mass is 350 g/mol. The zero-order valence-corrected chi connectivity index (χ0v) is 15.1. The molecule has 0 unspecified atom stereocenters. The first-order valence-electron chi connectivity index (χ1n) is 8.95. The fourth-order valence-electron chi connectivity index (χ4n) is 3.66. The molecule has 0 atom stereocenters. The summed E-state index contributed by atoms with van der Waals surface area (Å²) in [5, 5.41) is 3.12. The predicted molar refractivity (Wildman–Crippen MR) is 95.9 cm³/mol. The third-order valence-electron chi connectivity index (χ3n) is 5.06. The molecule has 1 aromatic rings. The summed E-state index contributed by atoms with van der Waals surface area (Å²) in [5.41, 5.74) is 2.32. The van der Waals surface area contributed by atoms with Crippen molar-refractivity contribution in [2.24, 2.45) is 0 Å². The van der Waals surface area contributed by atoms with Crippen molar-refractivity contribution in [1.82, 2.24) is 5.32 Å². The van der Waals surface area contributed by atoms with Crippen LogP contribution >= 0.6 is 0 Å². The number of rotatable bonds is 4. The topological polar surface area (TPSA) is 66.5 Å². The highest BCUT2D eigenvalue weighted by Crippen LogP contribution is 2.30. The Labute approximate surface area is 144 Å². The zero-order valence-electron chi connectivity index (χ0n) is 14.3. The number of hydrogen-bond donors (Lipinski definition) is 1. The van der Waals surface area contributed by atoms with Crippen molar-refractivity contribution < 1.29 is 13.2 Å². The molecular formula is C18H26N2O3S. The summed E-state index contributed by atoms with van der Waals surface area (Å²) in [6, 6.07) is 5.68. The van der Waals surface area contributed by atoms with Crippen molar-refractivity contribution in [3.8, 4) is 0 Å². The average molecular weight is 350 g/mol. The normalized spacial score (nSPS) is 19.0. The summed E-state index contributed by atoms with van der Waals surface area (Å²) >= 11 is 0. The first-order chi connectivity index (χ1) is 11.5. The quantitative estimate of drug-likeness (QED) is 0.908. The standard InChI is InChI=1S/C18H26N2O3S/c1-2-24(22,23)20-12-6-7-14-13-15(10-11-17(14)20)18(21)19-16-8-4-3-5-9-16/h10-11,13,16H,2-9,12H2,1H3,(H,19,21). The smallest absolute Gasteiger partial charge is 0.251 e. The van der Waals surface area contributed by atoms with E-state index in [0.29, 0.717) is 12.1 Å². The van der Waals surface area contributed by atoms with E-state index in [4.69, 9.17) is 0 Å². The van der Waals surface area contributed by atoms with Gasteiger partial charge in [0.2, 0.25) is 10.0 Å². The number of amides is 1. The summed E-state index contributed by atoms with van der Waals surface area (Å²) in [6.07, 6.45) is 7.33. The second-order valence-electron chi connectivity index (χ2n) is 6.73. The molecular weight excluding hydrogens is 324 g/mol. The Hall–Kier alpha value is -1.56. The van der Waals surface area contributed by atoms with Crippen LogP contribution < -0.4 is 9.62 Å². The van der Waals surface area contributed by atoms with Crippen molar-refractivity contribution in [3.05, 3.63) is 29.3 Å². The Morgan fingerprint density at radius 2 is 1.96 bits per heavy atom. The van der Waals surface area contributed by atoms with Crippen LogP contribution in [0.25, 0.3) is 0 Å². The molecule has 2 aliphatic rings. The van der Waals surface area contributed by atoms with Crippen LogP contribution in [0.3, 0.4) is 0 Å². The summed E-state index contributed by atoms with van der Waals surface area (Å²) in [6.45, 7) is 2.19. The number of sulfonamides is 1. The Morgan fingerprint density at radius 1 is 1.21 bits per heavy atom. The van der Waals surface area contributed by atoms with Crippen LogP contribution in [0.5, 0.6) is 0 Å². The Bertz CT molecular complexity index is 709. The number of anilines is 1. The van der Waals surface area contributed by atoms with Crippen LogP contribution in [0, 0.1) is 0 Å². The second kappa shape index (κ2) is 7.13. The van der Waals surface area contributed by atoms with E-state index in [9.17, 15) is 13.2 Å². The fourth-order valence-corrected chi connectivity index (χ4v) is 4.86. The summed E-state index contributed by atoms with van der Waals surface area (Å²) in [5.74, 6) is 0.0521. The van der Waals surface area contributed by atoms with Crippen LogP contribution in [0.1, 0.15) is 61.4 Å². The third kappa shape index (κ3) is 3.58. The average Bonchev–Trinajstić information content (AvgIpc) is 2.61. The molecule has 0 bridgehead atoms. The molecule has 1 heterocycles. The third-order valence-corrected chi connectivity index (χ3v) is 6.84. The van der Waals surface area contributed by atoms with E-state index in [1.165, 1.54) is 23.6 Å². The first kappa shape index (κ1) is 17.3. The number of fused-ring (bicyclic) bond motifs is 1. The highest BCUT2D eigenvalue weighted by Gasteiger charge is 2.27. The highest BCUT2D eigenvalue weighted by atomic mass is 32.2. The molecule has 1 amide bonds. The van der Waals surface area contributed by atoms with Gasteiger partial charge in [-0.1, -0.05) is 19.3 Å². The molecule has 1 fully saturated rings. The van der Waals surface area contributed by atoms with Crippen molar-refractivity contribution in [2.75, 3.05) is 16.6 Å². The van der Waals surface area contributed by atoms with Gasteiger partial charge in [-0.25, -0.2) is 8.42 Å². The van der Waals surface area contributed by atoms with Crippen molar-refractivity contribution in [3.63, 3.8) is 0 Å². The van der Waals surface area contributed by atoms with Gasteiger partial charge < -0.3 is 5.32 Å². The molecule has 0 saturated heterocycles. The lowest BCUT2D eigenvalue weighted by molar-refractivity contribution is 0.0927. The Kier molecular flexibility index (Phi) is 5.13. The van der Waals surface area contributed by atoms with Crippen LogP contribution in [0.2, 0.25) is 0 Å². The molecule has 1 aliphatic heterocycles. The van der Waals surface area contributed by atoms with E-state index in [1.807, 2.05) is 6.07 Å². The minimum atomic E-state index is -3.26. The van der Waals surface area contributed by atoms with Gasteiger partial charge in [0.05, 0.1) is 11.4 Å². The number of carbonyl (C=O) groups excluding carboxylic acids is 1. The Morgan fingerprint density at radius 3 is 2.67 bits per heavy atom. The predicted octanol–water partition coefficient (Wildman–Crippen LogP) is 2.85. The van der Waals surface area contributed by atoms with E-state index in [2.05, 4.69) is 5.32 Å². The SMILES string of the molecule is CCS(=O)(=O)N1CCCc2cc(C(=O)NC3CCCCC3)ccc21. The molecule has 24 heavy (non-hydrogen) atoms. The molecule has 6 heteroatoms. The minimum absolute atomic E-state index is 0.0415. The molecule has 0 spiro atoms. The fraction of sp³-hybridized carbons (Fsp3) is 0.611. The van der Waals surface area contributed by atoms with E-state index in [-0.39, 0.29) is 17.7 Å². The largest absolute Gasteiger partial charge is 0.349 e. The molecule has 1 saturated carbocycles. The number of aryl methyl sites for hydroxylation is 1. The molecule has 1 aromatic carbocycles. The van der Waals surface area contributed by atoms with Gasteiger partial charge in [0.1, 0.15) is 0 Å². The summed E-state index contributed by atoms with van der Waals surface area (Å²) in [7, 11) is -3.26. The maximum Gasteiger partial charge on any atom is 0.251 e. The molecule has 1 aliphatic carbocycles. The lowest BCUT2D eigenvalue weighted by Gasteiger charge is -2.30. The van der Waals surface area contributed by atoms with E-state index < -0.39 is 10.0 Å². The van der Waals surface area contributed by atoms with Crippen LogP contribution in [0.15, 0.2) is 18.2 Å². The molecule has 0 aromatic heterocycles. The van der Waals surface area contributed by atoms with Crippen molar-refractivity contribution in [2.45, 2.75) is 57.9 Å². The molecule has 132 valence electrons. The van der Waals surface area contributed by atoms with Gasteiger partial charge in [0.15, 0.2) is 0 Å². The maximum absolute atomic E-state index is 12.5. The number of hydrogen-bond acceptors (Lipinski definition) is 3. The summed E-state index contributed by atoms with van der Waals surface area (Å²) < 4.78 is 26.0. The maximum atomic E-state index is 12.5. The number of carbonyl (C=O) groups is 1. The number of nitrogens with zero attached hydrogens (tertiary/aromatic N) is 1.